The van der Waals surface area contributed by atoms with E-state index in [4.69, 9.17) is 9.47 Å². The van der Waals surface area contributed by atoms with Crippen LogP contribution < -0.4 is 24.8 Å². The van der Waals surface area contributed by atoms with Crippen LogP contribution in [-0.4, -0.2) is 96.0 Å². The number of nitrogens with zero attached hydrogens (tertiary/aromatic N) is 2. The van der Waals surface area contributed by atoms with Gasteiger partial charge in [-0.25, -0.2) is 27.0 Å². The van der Waals surface area contributed by atoms with Crippen LogP contribution in [0.3, 0.4) is 0 Å². The maximum atomic E-state index is 14.8. The van der Waals surface area contributed by atoms with Crippen molar-refractivity contribution in [3.63, 3.8) is 0 Å². The van der Waals surface area contributed by atoms with Crippen LogP contribution in [-0.2, 0) is 24.4 Å². The third kappa shape index (κ3) is 7.11. The van der Waals surface area contributed by atoms with Crippen molar-refractivity contribution in [2.24, 2.45) is 17.8 Å². The quantitative estimate of drug-likeness (QED) is 0.292. The molecule has 17 heteroatoms. The molecule has 7 atom stereocenters. The van der Waals surface area contributed by atoms with Crippen LogP contribution in [0.4, 0.5) is 13.6 Å². The second-order valence-corrected chi connectivity index (χ2v) is 16.7. The Bertz CT molecular complexity index is 1910. The lowest BCUT2D eigenvalue weighted by atomic mass is 9.88. The zero-order valence-electron chi connectivity index (χ0n) is 29.1. The van der Waals surface area contributed by atoms with Crippen molar-refractivity contribution in [2.75, 3.05) is 20.3 Å². The molecular formula is C35H43F2N5O9S. The van der Waals surface area contributed by atoms with Crippen molar-refractivity contribution < 1.29 is 51.0 Å². The third-order valence-corrected chi connectivity index (χ3v) is 12.9. The Labute approximate surface area is 299 Å². The van der Waals surface area contributed by atoms with Gasteiger partial charge in [-0.3, -0.25) is 19.1 Å². The number of nitrogens with one attached hydrogen (secondary N) is 3. The number of amides is 4. The molecule has 4 N–H and O–H groups in total. The van der Waals surface area contributed by atoms with Gasteiger partial charge >= 0.3 is 6.09 Å². The third-order valence-electron chi connectivity index (χ3n) is 10.8. The van der Waals surface area contributed by atoms with Gasteiger partial charge in [0.2, 0.25) is 27.7 Å². The van der Waals surface area contributed by atoms with E-state index in [1.807, 2.05) is 17.7 Å². The number of carbonyl (C=O) groups excluding carboxylic acids is 3. The first kappa shape index (κ1) is 37.2. The molecule has 2 aliphatic heterocycles. The van der Waals surface area contributed by atoms with Crippen LogP contribution in [0, 0.1) is 23.6 Å². The summed E-state index contributed by atoms with van der Waals surface area (Å²) in [6.07, 6.45) is 4.52. The zero-order chi connectivity index (χ0) is 37.6. The summed E-state index contributed by atoms with van der Waals surface area (Å²) in [5, 5.41) is 15.6. The summed E-state index contributed by atoms with van der Waals surface area (Å²) in [5.74, 6) is -4.11. The molecule has 52 heavy (non-hydrogen) atoms. The fraction of sp³-hybridized carbons (Fsp3) is 0.571. The van der Waals surface area contributed by atoms with Gasteiger partial charge in [-0.05, 0) is 73.9 Å². The lowest BCUT2D eigenvalue weighted by Gasteiger charge is -2.32. The van der Waals surface area contributed by atoms with Gasteiger partial charge in [0.05, 0.1) is 13.7 Å². The van der Waals surface area contributed by atoms with Gasteiger partial charge in [-0.2, -0.15) is 0 Å². The van der Waals surface area contributed by atoms with Gasteiger partial charge in [0.1, 0.15) is 35.1 Å². The number of alkyl halides is 1. The van der Waals surface area contributed by atoms with Crippen LogP contribution in [0.2, 0.25) is 0 Å². The van der Waals surface area contributed by atoms with Gasteiger partial charge < -0.3 is 30.1 Å². The minimum absolute atomic E-state index is 0.00933. The highest BCUT2D eigenvalue weighted by molar-refractivity contribution is 7.91. The summed E-state index contributed by atoms with van der Waals surface area (Å²) >= 11 is 0. The molecule has 1 aromatic carbocycles. The number of pyridine rings is 1. The van der Waals surface area contributed by atoms with Gasteiger partial charge in [-0.15, -0.1) is 0 Å². The average Bonchev–Trinajstić information content (AvgIpc) is 4.00. The number of sulfonamides is 1. The predicted octanol–water partition coefficient (Wildman–Crippen LogP) is 3.20. The minimum Gasteiger partial charge on any atom is -0.494 e. The molecule has 1 aromatic heterocycles. The standard InChI is InChI=1S/C35H43F2N5O9S/c1-19-6-4-5-7-22-16-35(22,32(45)41-52(48,49)34(18-36)9-10-34)40-29(43)26-14-23(17-42(26)31(44)28(20(2)12-19)39-33(46)47)51-30-24-15-25(37)27(50-3)13-21(24)8-11-38-30/h5,7-8,11,13,15,19-20,22-23,26,28,39H,4,6,9-10,12,14,16-18H2,1-3H3,(H,40,43)(H,41,45)(H,46,47)/b7-5-/t19-,20+,22+,23+,26-,28-,35+/m0/s1. The van der Waals surface area contributed by atoms with E-state index in [9.17, 15) is 41.5 Å². The fourth-order valence-corrected chi connectivity index (χ4v) is 8.86. The molecule has 0 radical (unpaired) electrons. The van der Waals surface area contributed by atoms with Crippen molar-refractivity contribution >= 4 is 44.6 Å². The molecule has 0 spiro atoms. The number of allylic oxidation sites excluding steroid dienone is 1. The number of ether oxygens (including phenoxy) is 2. The summed E-state index contributed by atoms with van der Waals surface area (Å²) in [5.41, 5.74) is -1.70. The molecule has 3 fully saturated rings. The summed E-state index contributed by atoms with van der Waals surface area (Å²) in [6.45, 7) is 2.38. The summed E-state index contributed by atoms with van der Waals surface area (Å²) < 4.78 is 66.3. The summed E-state index contributed by atoms with van der Waals surface area (Å²) in [7, 11) is -3.08. The Morgan fingerprint density at radius 2 is 1.94 bits per heavy atom. The second-order valence-electron chi connectivity index (χ2n) is 14.6. The normalized spacial score (nSPS) is 30.8. The smallest absolute Gasteiger partial charge is 0.405 e. The van der Waals surface area contributed by atoms with E-state index in [1.165, 1.54) is 30.3 Å². The van der Waals surface area contributed by atoms with E-state index < -0.39 is 86.6 Å². The summed E-state index contributed by atoms with van der Waals surface area (Å²) in [6, 6.07) is 1.78. The molecule has 1 saturated heterocycles. The fourth-order valence-electron chi connectivity index (χ4n) is 7.44. The first-order valence-corrected chi connectivity index (χ1v) is 18.8. The SMILES string of the molecule is COc1cc2ccnc(O[C@@H]3C[C@H]4C(=O)N[C@]5(C(=O)NS(=O)(=O)C6(CF)CC6)C[C@H]5/C=C\CC[C@H](C)C[C@@H](C)[C@H](NC(=O)O)C(=O)N4C3)c2cc1F. The Kier molecular flexibility index (Phi) is 10.1. The molecule has 2 saturated carbocycles. The highest BCUT2D eigenvalue weighted by Gasteiger charge is 2.64. The molecule has 2 aromatic rings. The molecule has 0 unspecified atom stereocenters. The van der Waals surface area contributed by atoms with Crippen LogP contribution in [0.25, 0.3) is 10.8 Å². The lowest BCUT2D eigenvalue weighted by molar-refractivity contribution is -0.142. The van der Waals surface area contributed by atoms with Gasteiger partial charge in [-0.1, -0.05) is 26.0 Å². The molecule has 3 heterocycles. The number of rotatable bonds is 8. The van der Waals surface area contributed by atoms with Crippen LogP contribution in [0.1, 0.15) is 58.8 Å². The number of halogens is 2. The van der Waals surface area contributed by atoms with E-state index in [0.29, 0.717) is 30.0 Å². The van der Waals surface area contributed by atoms with E-state index in [0.717, 1.165) is 0 Å². The van der Waals surface area contributed by atoms with Crippen molar-refractivity contribution in [3.8, 4) is 11.6 Å². The topological polar surface area (TPSA) is 193 Å². The number of hydrogen-bond donors (Lipinski definition) is 4. The number of carbonyl (C=O) groups is 4. The van der Waals surface area contributed by atoms with Gasteiger partial charge in [0.15, 0.2) is 11.6 Å². The first-order valence-electron chi connectivity index (χ1n) is 17.3. The molecular weight excluding hydrogens is 704 g/mol. The van der Waals surface area contributed by atoms with Crippen molar-refractivity contribution in [1.29, 1.82) is 0 Å². The number of benzene rings is 1. The van der Waals surface area contributed by atoms with Crippen molar-refractivity contribution in [1.82, 2.24) is 25.2 Å². The zero-order valence-corrected chi connectivity index (χ0v) is 29.9. The molecule has 6 rings (SSSR count). The van der Waals surface area contributed by atoms with Crippen LogP contribution in [0.5, 0.6) is 11.6 Å². The number of carboxylic acid groups (broad SMARTS) is 1. The van der Waals surface area contributed by atoms with Gasteiger partial charge in [0, 0.05) is 23.9 Å². The molecule has 0 bridgehead atoms. The molecule has 4 aliphatic rings. The monoisotopic (exact) mass is 747 g/mol. The average molecular weight is 748 g/mol. The maximum absolute atomic E-state index is 14.8. The first-order chi connectivity index (χ1) is 24.6. The Morgan fingerprint density at radius 3 is 2.62 bits per heavy atom. The van der Waals surface area contributed by atoms with Gasteiger partial charge in [0.25, 0.3) is 5.91 Å². The minimum atomic E-state index is -4.41. The van der Waals surface area contributed by atoms with Crippen LogP contribution >= 0.6 is 0 Å². The van der Waals surface area contributed by atoms with E-state index in [-0.39, 0.29) is 49.8 Å². The van der Waals surface area contributed by atoms with E-state index >= 15 is 0 Å². The lowest BCUT2D eigenvalue weighted by Crippen LogP contribution is -2.59. The molecule has 14 nitrogen and oxygen atoms in total. The number of fused-ring (bicyclic) bond motifs is 3. The number of aromatic nitrogens is 1. The highest BCUT2D eigenvalue weighted by atomic mass is 32.2. The Hall–Kier alpha value is -4.54. The van der Waals surface area contributed by atoms with E-state index in [1.54, 1.807) is 19.1 Å². The predicted molar refractivity (Wildman–Crippen MR) is 183 cm³/mol. The Balaban J connectivity index is 1.34. The van der Waals surface area contributed by atoms with Crippen molar-refractivity contribution in [3.05, 3.63) is 42.4 Å². The maximum Gasteiger partial charge on any atom is 0.405 e. The summed E-state index contributed by atoms with van der Waals surface area (Å²) in [4.78, 5) is 59.7. The second kappa shape index (κ2) is 14.1. The number of methoxy groups -OCH3 is 1. The molecule has 282 valence electrons. The Morgan fingerprint density at radius 1 is 1.19 bits per heavy atom. The van der Waals surface area contributed by atoms with Crippen molar-refractivity contribution in [2.45, 2.75) is 87.3 Å². The molecule has 4 amide bonds. The number of hydrogen-bond acceptors (Lipinski definition) is 9. The van der Waals surface area contributed by atoms with Crippen LogP contribution in [0.15, 0.2) is 36.5 Å². The van der Waals surface area contributed by atoms with E-state index in [2.05, 4.69) is 15.6 Å². The highest BCUT2D eigenvalue weighted by Crippen LogP contribution is 2.48. The molecule has 2 aliphatic carbocycles. The largest absolute Gasteiger partial charge is 0.494 e.